The highest BCUT2D eigenvalue weighted by Gasteiger charge is 2.10. The first-order valence-corrected chi connectivity index (χ1v) is 7.92. The first-order chi connectivity index (χ1) is 12.2. The molecule has 122 valence electrons. The average molecular weight is 327 g/mol. The van der Waals surface area contributed by atoms with Crippen LogP contribution in [0.15, 0.2) is 96.7 Å². The minimum Gasteiger partial charge on any atom is -0.478 e. The van der Waals surface area contributed by atoms with E-state index in [0.717, 1.165) is 16.7 Å². The highest BCUT2D eigenvalue weighted by molar-refractivity contribution is 5.99. The standard InChI is InChI=1S/C22H17NO2/c24-22(25)19(15-20-13-7-8-14-23-20)16-21(17-9-3-1-4-10-17)18-11-5-2-6-12-18/h1-16H,(H,24,25)/b19-15+. The van der Waals surface area contributed by atoms with Crippen molar-refractivity contribution in [1.82, 2.24) is 4.98 Å². The van der Waals surface area contributed by atoms with Gasteiger partial charge in [0.05, 0.1) is 11.3 Å². The molecule has 0 radical (unpaired) electrons. The van der Waals surface area contributed by atoms with E-state index in [9.17, 15) is 9.90 Å². The highest BCUT2D eigenvalue weighted by atomic mass is 16.4. The van der Waals surface area contributed by atoms with Crippen molar-refractivity contribution >= 4 is 17.6 Å². The normalized spacial score (nSPS) is 11.0. The SMILES string of the molecule is O=C(O)/C(C=C(c1ccccc1)c1ccccc1)=C/c1ccccn1. The molecular weight excluding hydrogens is 310 g/mol. The minimum absolute atomic E-state index is 0.182. The van der Waals surface area contributed by atoms with Gasteiger partial charge in [-0.25, -0.2) is 4.79 Å². The van der Waals surface area contributed by atoms with Gasteiger partial charge in [0.15, 0.2) is 0 Å². The summed E-state index contributed by atoms with van der Waals surface area (Å²) in [6, 6.07) is 24.9. The van der Waals surface area contributed by atoms with Gasteiger partial charge in [-0.05, 0) is 41.0 Å². The molecule has 25 heavy (non-hydrogen) atoms. The summed E-state index contributed by atoms with van der Waals surface area (Å²) in [7, 11) is 0. The Hall–Kier alpha value is -3.46. The third-order valence-corrected chi connectivity index (χ3v) is 3.71. The van der Waals surface area contributed by atoms with Crippen molar-refractivity contribution in [2.75, 3.05) is 0 Å². The molecule has 0 atom stereocenters. The van der Waals surface area contributed by atoms with Crippen molar-refractivity contribution in [2.45, 2.75) is 0 Å². The highest BCUT2D eigenvalue weighted by Crippen LogP contribution is 2.25. The Morgan fingerprint density at radius 1 is 0.800 bits per heavy atom. The van der Waals surface area contributed by atoms with Gasteiger partial charge in [-0.2, -0.15) is 0 Å². The van der Waals surface area contributed by atoms with Crippen molar-refractivity contribution in [3.8, 4) is 0 Å². The van der Waals surface area contributed by atoms with E-state index in [1.165, 1.54) is 0 Å². The molecule has 2 aromatic carbocycles. The second-order valence-corrected chi connectivity index (χ2v) is 5.45. The topological polar surface area (TPSA) is 50.2 Å². The number of aliphatic carboxylic acids is 1. The number of hydrogen-bond donors (Lipinski definition) is 1. The van der Waals surface area contributed by atoms with Crippen LogP contribution in [0.5, 0.6) is 0 Å². The molecule has 0 fully saturated rings. The quantitative estimate of drug-likeness (QED) is 0.547. The molecule has 0 aliphatic heterocycles. The number of aromatic nitrogens is 1. The summed E-state index contributed by atoms with van der Waals surface area (Å²) in [5, 5.41) is 9.64. The fraction of sp³-hybridized carbons (Fsp3) is 0. The van der Waals surface area contributed by atoms with Gasteiger partial charge in [-0.15, -0.1) is 0 Å². The Kier molecular flexibility index (Phi) is 5.17. The predicted octanol–water partition coefficient (Wildman–Crippen LogP) is 4.68. The number of nitrogens with zero attached hydrogens (tertiary/aromatic N) is 1. The molecule has 0 aliphatic rings. The molecule has 0 saturated heterocycles. The molecule has 0 aliphatic carbocycles. The van der Waals surface area contributed by atoms with E-state index in [1.54, 1.807) is 30.5 Å². The second-order valence-electron chi connectivity index (χ2n) is 5.45. The number of carboxylic acids is 1. The molecule has 0 saturated carbocycles. The molecule has 3 nitrogen and oxygen atoms in total. The van der Waals surface area contributed by atoms with Crippen LogP contribution >= 0.6 is 0 Å². The van der Waals surface area contributed by atoms with Gasteiger partial charge in [0.2, 0.25) is 0 Å². The van der Waals surface area contributed by atoms with Crippen molar-refractivity contribution in [2.24, 2.45) is 0 Å². The number of benzene rings is 2. The lowest BCUT2D eigenvalue weighted by atomic mass is 9.95. The second kappa shape index (κ2) is 7.88. The molecule has 0 bridgehead atoms. The molecule has 3 heteroatoms. The van der Waals surface area contributed by atoms with Crippen LogP contribution < -0.4 is 0 Å². The summed E-state index contributed by atoms with van der Waals surface area (Å²) in [5.74, 6) is -0.991. The average Bonchev–Trinajstić information content (AvgIpc) is 2.67. The van der Waals surface area contributed by atoms with E-state index >= 15 is 0 Å². The maximum absolute atomic E-state index is 11.8. The van der Waals surface area contributed by atoms with Crippen LogP contribution in [-0.4, -0.2) is 16.1 Å². The molecule has 1 aromatic heterocycles. The summed E-state index contributed by atoms with van der Waals surface area (Å²) in [4.78, 5) is 15.9. The Balaban J connectivity index is 2.13. The van der Waals surface area contributed by atoms with Crippen molar-refractivity contribution in [3.63, 3.8) is 0 Å². The first-order valence-electron chi connectivity index (χ1n) is 7.92. The lowest BCUT2D eigenvalue weighted by Crippen LogP contribution is -2.00. The van der Waals surface area contributed by atoms with Crippen LogP contribution in [0.4, 0.5) is 0 Å². The van der Waals surface area contributed by atoms with E-state index < -0.39 is 5.97 Å². The van der Waals surface area contributed by atoms with E-state index in [4.69, 9.17) is 0 Å². The zero-order valence-corrected chi connectivity index (χ0v) is 13.5. The maximum atomic E-state index is 11.8. The van der Waals surface area contributed by atoms with Crippen LogP contribution in [0.25, 0.3) is 11.6 Å². The van der Waals surface area contributed by atoms with Crippen LogP contribution in [0.1, 0.15) is 16.8 Å². The number of hydrogen-bond acceptors (Lipinski definition) is 2. The third kappa shape index (κ3) is 4.30. The van der Waals surface area contributed by atoms with E-state index in [0.29, 0.717) is 5.69 Å². The lowest BCUT2D eigenvalue weighted by molar-refractivity contribution is -0.132. The van der Waals surface area contributed by atoms with Crippen LogP contribution in [-0.2, 0) is 4.79 Å². The van der Waals surface area contributed by atoms with Gasteiger partial charge < -0.3 is 5.11 Å². The Labute approximate surface area is 146 Å². The smallest absolute Gasteiger partial charge is 0.335 e. The zero-order chi connectivity index (χ0) is 17.5. The summed E-state index contributed by atoms with van der Waals surface area (Å²) in [6.45, 7) is 0. The van der Waals surface area contributed by atoms with Crippen molar-refractivity contribution < 1.29 is 9.90 Å². The Bertz CT molecular complexity index is 857. The number of pyridine rings is 1. The Morgan fingerprint density at radius 2 is 1.36 bits per heavy atom. The molecule has 3 aromatic rings. The Morgan fingerprint density at radius 3 is 1.84 bits per heavy atom. The predicted molar refractivity (Wildman–Crippen MR) is 99.8 cm³/mol. The maximum Gasteiger partial charge on any atom is 0.335 e. The van der Waals surface area contributed by atoms with Crippen LogP contribution in [0.3, 0.4) is 0 Å². The number of carboxylic acid groups (broad SMARTS) is 1. The monoisotopic (exact) mass is 327 g/mol. The van der Waals surface area contributed by atoms with E-state index in [-0.39, 0.29) is 5.57 Å². The molecule has 3 rings (SSSR count). The van der Waals surface area contributed by atoms with Gasteiger partial charge in [0.25, 0.3) is 0 Å². The van der Waals surface area contributed by atoms with E-state index in [1.807, 2.05) is 66.7 Å². The summed E-state index contributed by atoms with van der Waals surface area (Å²) in [6.07, 6.45) is 4.92. The van der Waals surface area contributed by atoms with Crippen molar-refractivity contribution in [3.05, 3.63) is 114 Å². The minimum atomic E-state index is -0.991. The molecule has 1 N–H and O–H groups in total. The van der Waals surface area contributed by atoms with Gasteiger partial charge in [-0.3, -0.25) is 4.98 Å². The van der Waals surface area contributed by atoms with Gasteiger partial charge in [0.1, 0.15) is 0 Å². The van der Waals surface area contributed by atoms with Gasteiger partial charge in [0, 0.05) is 6.20 Å². The molecule has 0 spiro atoms. The van der Waals surface area contributed by atoms with E-state index in [2.05, 4.69) is 4.98 Å². The largest absolute Gasteiger partial charge is 0.478 e. The molecule has 1 heterocycles. The summed E-state index contributed by atoms with van der Waals surface area (Å²) >= 11 is 0. The number of carbonyl (C=O) groups is 1. The molecular formula is C22H17NO2. The number of rotatable bonds is 5. The molecule has 0 amide bonds. The van der Waals surface area contributed by atoms with Gasteiger partial charge >= 0.3 is 5.97 Å². The zero-order valence-electron chi connectivity index (χ0n) is 13.5. The summed E-state index contributed by atoms with van der Waals surface area (Å²) < 4.78 is 0. The lowest BCUT2D eigenvalue weighted by Gasteiger charge is -2.09. The van der Waals surface area contributed by atoms with Crippen LogP contribution in [0, 0.1) is 0 Å². The first kappa shape index (κ1) is 16.4. The fourth-order valence-electron chi connectivity index (χ4n) is 2.51. The molecule has 0 unspecified atom stereocenters. The van der Waals surface area contributed by atoms with Crippen LogP contribution in [0.2, 0.25) is 0 Å². The summed E-state index contributed by atoms with van der Waals surface area (Å²) in [5.41, 5.74) is 3.56. The third-order valence-electron chi connectivity index (χ3n) is 3.71. The van der Waals surface area contributed by atoms with Crippen molar-refractivity contribution in [1.29, 1.82) is 0 Å². The van der Waals surface area contributed by atoms with Gasteiger partial charge in [-0.1, -0.05) is 66.7 Å². The fourth-order valence-corrected chi connectivity index (χ4v) is 2.51.